The number of nitrogens with zero attached hydrogens (tertiary/aromatic N) is 4. The number of benzene rings is 5. The fourth-order valence-electron chi connectivity index (χ4n) is 9.42. The maximum atomic E-state index is 14.1. The van der Waals surface area contributed by atoms with Crippen LogP contribution in [0, 0.1) is 0 Å². The van der Waals surface area contributed by atoms with Gasteiger partial charge in [-0.2, -0.15) is 12.6 Å². The van der Waals surface area contributed by atoms with Gasteiger partial charge in [0.25, 0.3) is 11.8 Å². The number of carbonyl (C=O) groups excluding carboxylic acids is 2. The quantitative estimate of drug-likeness (QED) is 0.0577. The van der Waals surface area contributed by atoms with Crippen molar-refractivity contribution in [2.75, 3.05) is 94.0 Å². The number of amides is 2. The Hall–Kier alpha value is -6.26. The number of anilines is 4. The predicted octanol–water partition coefficient (Wildman–Crippen LogP) is 8.34. The van der Waals surface area contributed by atoms with E-state index in [0.717, 1.165) is 45.7 Å². The van der Waals surface area contributed by atoms with E-state index in [2.05, 4.69) is 54.4 Å². The summed E-state index contributed by atoms with van der Waals surface area (Å²) in [6.07, 6.45) is 3.33. The number of aliphatic imine (C=N–C) groups is 1. The van der Waals surface area contributed by atoms with Crippen LogP contribution in [0.4, 0.5) is 28.4 Å². The molecule has 0 aromatic heterocycles. The first-order valence-electron chi connectivity index (χ1n) is 23.1. The van der Waals surface area contributed by atoms with Crippen LogP contribution in [0.1, 0.15) is 56.8 Å². The summed E-state index contributed by atoms with van der Waals surface area (Å²) in [5.74, 6) is 1.62. The third-order valence-corrected chi connectivity index (χ3v) is 12.7. The van der Waals surface area contributed by atoms with Gasteiger partial charge < -0.3 is 48.3 Å². The van der Waals surface area contributed by atoms with E-state index in [1.165, 1.54) is 0 Å². The summed E-state index contributed by atoms with van der Waals surface area (Å²) in [5, 5.41) is 3.53. The molecule has 5 aromatic carbocycles. The highest BCUT2D eigenvalue weighted by atomic mass is 32.1. The molecule has 4 aliphatic heterocycles. The number of thiol groups is 1. The fraction of sp³-hybridized carbons (Fsp3) is 0.377. The second-order valence-corrected chi connectivity index (χ2v) is 19.2. The number of para-hydroxylation sites is 2. The first-order valence-corrected chi connectivity index (χ1v) is 23.5. The zero-order chi connectivity index (χ0) is 47.4. The van der Waals surface area contributed by atoms with E-state index in [9.17, 15) is 9.59 Å². The standard InChI is InChI=1S/C53H59N5O9S/c1-53(2,68)33-56(14-15-64-18-19-65-17-16-61-3)38-21-34(31-66-49-27-43-41(25-47(49)62-4)51(59)57-39(29-54-43)23-36-10-6-8-12-45(36)57)20-35(22-38)32-67-50-28-44-42(26-48(50)63-5)52(60)58-40(30-55-44)24-37-11-7-9-13-46(37)58/h6-13,20-22,25-29,39-40,55,68H,14-19,23-24,30-33H2,1-5H3/t39-,40-/m0/s1. The van der Waals surface area contributed by atoms with Crippen molar-refractivity contribution in [2.24, 2.45) is 4.99 Å². The molecule has 2 amide bonds. The molecule has 9 rings (SSSR count). The van der Waals surface area contributed by atoms with E-state index >= 15 is 0 Å². The van der Waals surface area contributed by atoms with Gasteiger partial charge in [-0.15, -0.1) is 0 Å². The summed E-state index contributed by atoms with van der Waals surface area (Å²) in [7, 11) is 4.80. The van der Waals surface area contributed by atoms with Crippen molar-refractivity contribution in [3.63, 3.8) is 0 Å². The Morgan fingerprint density at radius 1 is 0.706 bits per heavy atom. The molecule has 0 unspecified atom stereocenters. The maximum Gasteiger partial charge on any atom is 0.261 e. The van der Waals surface area contributed by atoms with Crippen LogP contribution in [0.2, 0.25) is 0 Å². The molecule has 5 aromatic rings. The summed E-state index contributed by atoms with van der Waals surface area (Å²) in [6.45, 7) is 8.72. The molecule has 0 bridgehead atoms. The minimum atomic E-state index is -0.354. The fourth-order valence-corrected chi connectivity index (χ4v) is 9.59. The normalized spacial score (nSPS) is 16.7. The summed E-state index contributed by atoms with van der Waals surface area (Å²) in [4.78, 5) is 39.0. The molecular formula is C53H59N5O9S. The van der Waals surface area contributed by atoms with Gasteiger partial charge in [0.05, 0.1) is 81.8 Å². The Balaban J connectivity index is 0.986. The second-order valence-electron chi connectivity index (χ2n) is 18.0. The van der Waals surface area contributed by atoms with Crippen LogP contribution < -0.4 is 39.0 Å². The van der Waals surface area contributed by atoms with Gasteiger partial charge in [0, 0.05) is 73.3 Å². The van der Waals surface area contributed by atoms with E-state index in [0.29, 0.717) is 105 Å². The highest BCUT2D eigenvalue weighted by Gasteiger charge is 2.39. The Morgan fingerprint density at radius 3 is 1.99 bits per heavy atom. The maximum absolute atomic E-state index is 14.1. The van der Waals surface area contributed by atoms with Crippen LogP contribution in [-0.4, -0.2) is 109 Å². The summed E-state index contributed by atoms with van der Waals surface area (Å²) in [6, 6.07) is 29.3. The highest BCUT2D eigenvalue weighted by Crippen LogP contribution is 2.43. The van der Waals surface area contributed by atoms with Crippen LogP contribution in [0.3, 0.4) is 0 Å². The number of hydrogen-bond donors (Lipinski definition) is 2. The monoisotopic (exact) mass is 941 g/mol. The van der Waals surface area contributed by atoms with Gasteiger partial charge in [-0.05, 0) is 85.0 Å². The number of nitrogens with one attached hydrogen (secondary N) is 1. The van der Waals surface area contributed by atoms with Gasteiger partial charge in [0.15, 0.2) is 23.0 Å². The van der Waals surface area contributed by atoms with Gasteiger partial charge in [-0.3, -0.25) is 19.5 Å². The third-order valence-electron chi connectivity index (χ3n) is 12.6. The SMILES string of the molecule is COCCOCCOCCN(CC(C)(C)S)c1cc(COc2cc3c(cc2OC)C(=O)N2c4ccccc4C[C@H]2C=N3)cc(COc2cc3c(cc2OC)C(=O)N2c4ccccc4C[C@H]2CN3)c1. The molecule has 2 atom stereocenters. The average molecular weight is 942 g/mol. The van der Waals surface area contributed by atoms with Gasteiger partial charge in [-0.1, -0.05) is 36.4 Å². The van der Waals surface area contributed by atoms with Crippen molar-refractivity contribution in [1.82, 2.24) is 0 Å². The number of methoxy groups -OCH3 is 3. The molecule has 14 nitrogen and oxygen atoms in total. The molecule has 0 radical (unpaired) electrons. The minimum absolute atomic E-state index is 0.00675. The Kier molecular flexibility index (Phi) is 14.1. The van der Waals surface area contributed by atoms with Gasteiger partial charge in [0.2, 0.25) is 0 Å². The zero-order valence-corrected chi connectivity index (χ0v) is 40.2. The van der Waals surface area contributed by atoms with Crippen LogP contribution in [-0.2, 0) is 40.3 Å². The lowest BCUT2D eigenvalue weighted by Gasteiger charge is -2.32. The van der Waals surface area contributed by atoms with Gasteiger partial charge in [0.1, 0.15) is 13.2 Å². The number of fused-ring (bicyclic) bond motifs is 8. The molecule has 0 saturated carbocycles. The van der Waals surface area contributed by atoms with Crippen molar-refractivity contribution in [2.45, 2.75) is 56.7 Å². The Bertz CT molecular complexity index is 2690. The molecule has 4 heterocycles. The Morgan fingerprint density at radius 2 is 1.31 bits per heavy atom. The van der Waals surface area contributed by atoms with E-state index in [1.54, 1.807) is 39.5 Å². The number of hydrogen-bond acceptors (Lipinski definition) is 13. The van der Waals surface area contributed by atoms with E-state index in [4.69, 9.17) is 50.8 Å². The summed E-state index contributed by atoms with van der Waals surface area (Å²) in [5.41, 5.74) is 8.97. The zero-order valence-electron chi connectivity index (χ0n) is 39.3. The molecular weight excluding hydrogens is 883 g/mol. The molecule has 0 spiro atoms. The van der Waals surface area contributed by atoms with Gasteiger partial charge >= 0.3 is 0 Å². The van der Waals surface area contributed by atoms with Crippen molar-refractivity contribution in [3.05, 3.63) is 124 Å². The second kappa shape index (κ2) is 20.5. The first-order chi connectivity index (χ1) is 33.0. The lowest BCUT2D eigenvalue weighted by Crippen LogP contribution is -2.39. The van der Waals surface area contributed by atoms with E-state index < -0.39 is 0 Å². The van der Waals surface area contributed by atoms with Gasteiger partial charge in [-0.25, -0.2) is 0 Å². The average Bonchev–Trinajstić information content (AvgIpc) is 3.83. The van der Waals surface area contributed by atoms with Crippen LogP contribution in [0.25, 0.3) is 0 Å². The van der Waals surface area contributed by atoms with Crippen LogP contribution >= 0.6 is 12.6 Å². The minimum Gasteiger partial charge on any atom is -0.493 e. The largest absolute Gasteiger partial charge is 0.493 e. The molecule has 68 heavy (non-hydrogen) atoms. The van der Waals surface area contributed by atoms with Crippen molar-refractivity contribution in [1.29, 1.82) is 0 Å². The number of ether oxygens (including phenoxy) is 7. The molecule has 1 N–H and O–H groups in total. The van der Waals surface area contributed by atoms with Crippen LogP contribution in [0.15, 0.2) is 96.0 Å². The summed E-state index contributed by atoms with van der Waals surface area (Å²) >= 11 is 4.94. The summed E-state index contributed by atoms with van der Waals surface area (Å²) < 4.78 is 41.3. The molecule has 356 valence electrons. The van der Waals surface area contributed by atoms with Crippen LogP contribution in [0.5, 0.6) is 23.0 Å². The molecule has 0 aliphatic carbocycles. The van der Waals surface area contributed by atoms with Crippen molar-refractivity contribution in [3.8, 4) is 23.0 Å². The third kappa shape index (κ3) is 10.1. The number of carbonyl (C=O) groups is 2. The predicted molar refractivity (Wildman–Crippen MR) is 268 cm³/mol. The van der Waals surface area contributed by atoms with Crippen molar-refractivity contribution < 1.29 is 42.7 Å². The van der Waals surface area contributed by atoms with Crippen molar-refractivity contribution >= 4 is 59.1 Å². The topological polar surface area (TPSA) is 133 Å². The highest BCUT2D eigenvalue weighted by molar-refractivity contribution is 7.81. The lowest BCUT2D eigenvalue weighted by atomic mass is 10.1. The molecule has 4 aliphatic rings. The molecule has 15 heteroatoms. The number of rotatable bonds is 20. The van der Waals surface area contributed by atoms with E-state index in [-0.39, 0.29) is 41.9 Å². The molecule has 0 fully saturated rings. The smallest absolute Gasteiger partial charge is 0.261 e. The molecule has 0 saturated heterocycles. The lowest BCUT2D eigenvalue weighted by molar-refractivity contribution is 0.0264. The first kappa shape index (κ1) is 46.8. The Labute approximate surface area is 403 Å². The van der Waals surface area contributed by atoms with E-state index in [1.807, 2.05) is 58.5 Å².